The van der Waals surface area contributed by atoms with Crippen LogP contribution in [0, 0.1) is 13.8 Å². The van der Waals surface area contributed by atoms with Gasteiger partial charge in [0.05, 0.1) is 17.7 Å². The van der Waals surface area contributed by atoms with Crippen LogP contribution in [0.1, 0.15) is 48.3 Å². The van der Waals surface area contributed by atoms with Crippen LogP contribution in [0.3, 0.4) is 0 Å². The Bertz CT molecular complexity index is 774. The van der Waals surface area contributed by atoms with Crippen molar-refractivity contribution in [3.05, 3.63) is 46.8 Å². The molecule has 2 fully saturated rings. The van der Waals surface area contributed by atoms with E-state index in [0.717, 1.165) is 41.2 Å². The van der Waals surface area contributed by atoms with Gasteiger partial charge in [-0.05, 0) is 57.2 Å². The molecule has 2 aromatic rings. The summed E-state index contributed by atoms with van der Waals surface area (Å²) in [5.74, 6) is 1.66. The highest BCUT2D eigenvalue weighted by Crippen LogP contribution is 2.26. The number of benzene rings is 1. The van der Waals surface area contributed by atoms with Crippen molar-refractivity contribution in [3.63, 3.8) is 0 Å². The van der Waals surface area contributed by atoms with Gasteiger partial charge in [0, 0.05) is 18.1 Å². The summed E-state index contributed by atoms with van der Waals surface area (Å²) in [5, 5.41) is 10.7. The molecule has 2 aliphatic heterocycles. The molecule has 2 bridgehead atoms. The third-order valence-electron chi connectivity index (χ3n) is 5.69. The number of hydrogen-bond acceptors (Lipinski definition) is 5. The van der Waals surface area contributed by atoms with Crippen molar-refractivity contribution >= 4 is 18.3 Å². The number of carbonyl (C=O) groups is 1. The van der Waals surface area contributed by atoms with Gasteiger partial charge in [-0.15, -0.1) is 12.4 Å². The summed E-state index contributed by atoms with van der Waals surface area (Å²) in [6.07, 6.45) is 5.00. The van der Waals surface area contributed by atoms with Gasteiger partial charge in [-0.3, -0.25) is 4.79 Å². The van der Waals surface area contributed by atoms with Crippen molar-refractivity contribution in [2.75, 3.05) is 0 Å². The summed E-state index contributed by atoms with van der Waals surface area (Å²) in [6.45, 7) is 4.22. The van der Waals surface area contributed by atoms with Crippen molar-refractivity contribution in [2.24, 2.45) is 0 Å². The van der Waals surface area contributed by atoms with Crippen LogP contribution in [-0.2, 0) is 17.8 Å². The summed E-state index contributed by atoms with van der Waals surface area (Å²) in [7, 11) is 0. The monoisotopic (exact) mass is 405 g/mol. The lowest BCUT2D eigenvalue weighted by Crippen LogP contribution is -2.48. The first-order valence-electron chi connectivity index (χ1n) is 9.75. The molecule has 1 aromatic carbocycles. The first-order chi connectivity index (χ1) is 13.1. The molecule has 2 aliphatic rings. The van der Waals surface area contributed by atoms with E-state index in [4.69, 9.17) is 9.26 Å². The van der Waals surface area contributed by atoms with Crippen molar-refractivity contribution in [3.8, 4) is 5.75 Å². The number of aryl methyl sites for hydroxylation is 2. The van der Waals surface area contributed by atoms with Crippen LogP contribution in [-0.4, -0.2) is 29.2 Å². The van der Waals surface area contributed by atoms with Gasteiger partial charge in [-0.2, -0.15) is 0 Å². The van der Waals surface area contributed by atoms with Crippen LogP contribution in [0.5, 0.6) is 5.75 Å². The molecule has 0 aliphatic carbocycles. The summed E-state index contributed by atoms with van der Waals surface area (Å²) in [6, 6.07) is 9.21. The molecule has 7 heteroatoms. The number of fused-ring (bicyclic) bond motifs is 2. The molecule has 0 radical (unpaired) electrons. The van der Waals surface area contributed by atoms with Gasteiger partial charge in [0.25, 0.3) is 0 Å². The topological polar surface area (TPSA) is 76.4 Å². The number of ether oxygens (including phenoxy) is 1. The highest BCUT2D eigenvalue weighted by atomic mass is 35.5. The molecular weight excluding hydrogens is 378 g/mol. The minimum Gasteiger partial charge on any atom is -0.489 e. The fraction of sp³-hybridized carbons (Fsp3) is 0.524. The molecule has 152 valence electrons. The Labute approximate surface area is 171 Å². The van der Waals surface area contributed by atoms with Crippen LogP contribution >= 0.6 is 12.4 Å². The van der Waals surface area contributed by atoms with Crippen molar-refractivity contribution < 1.29 is 14.1 Å². The molecule has 0 saturated carbocycles. The second kappa shape index (κ2) is 8.97. The zero-order valence-electron chi connectivity index (χ0n) is 16.4. The van der Waals surface area contributed by atoms with Crippen LogP contribution in [0.2, 0.25) is 0 Å². The van der Waals surface area contributed by atoms with Crippen LogP contribution in [0.15, 0.2) is 28.8 Å². The average molecular weight is 406 g/mol. The molecule has 2 unspecified atom stereocenters. The largest absolute Gasteiger partial charge is 0.489 e. The van der Waals surface area contributed by atoms with E-state index < -0.39 is 0 Å². The van der Waals surface area contributed by atoms with E-state index in [0.29, 0.717) is 31.2 Å². The Morgan fingerprint density at radius 3 is 2.50 bits per heavy atom. The van der Waals surface area contributed by atoms with Gasteiger partial charge in [0.15, 0.2) is 0 Å². The van der Waals surface area contributed by atoms with E-state index in [1.165, 1.54) is 12.8 Å². The molecule has 6 nitrogen and oxygen atoms in total. The number of aromatic nitrogens is 1. The Morgan fingerprint density at radius 1 is 1.21 bits per heavy atom. The van der Waals surface area contributed by atoms with Crippen LogP contribution < -0.4 is 15.4 Å². The summed E-state index contributed by atoms with van der Waals surface area (Å²) >= 11 is 0. The van der Waals surface area contributed by atoms with Crippen LogP contribution in [0.4, 0.5) is 0 Å². The lowest BCUT2D eigenvalue weighted by Gasteiger charge is -2.29. The molecule has 1 aromatic heterocycles. The van der Waals surface area contributed by atoms with Crippen molar-refractivity contribution in [1.29, 1.82) is 0 Å². The SMILES string of the molecule is Cc1noc(C)c1COc1ccc(CC(=O)NC2CC3CCC(C2)N3)cc1.Cl. The average Bonchev–Trinajstić information content (AvgIpc) is 3.15. The zero-order valence-corrected chi connectivity index (χ0v) is 17.2. The molecule has 28 heavy (non-hydrogen) atoms. The van der Waals surface area contributed by atoms with E-state index >= 15 is 0 Å². The number of nitrogens with zero attached hydrogens (tertiary/aromatic N) is 1. The van der Waals surface area contributed by atoms with Gasteiger partial charge in [0.1, 0.15) is 18.1 Å². The van der Waals surface area contributed by atoms with E-state index in [1.54, 1.807) is 0 Å². The highest BCUT2D eigenvalue weighted by molar-refractivity contribution is 5.85. The lowest BCUT2D eigenvalue weighted by molar-refractivity contribution is -0.121. The molecule has 2 N–H and O–H groups in total. The third kappa shape index (κ3) is 4.86. The summed E-state index contributed by atoms with van der Waals surface area (Å²) < 4.78 is 11.0. The van der Waals surface area contributed by atoms with Gasteiger partial charge in [0.2, 0.25) is 5.91 Å². The summed E-state index contributed by atoms with van der Waals surface area (Å²) in [5.41, 5.74) is 2.83. The maximum absolute atomic E-state index is 12.4. The molecule has 0 spiro atoms. The van der Waals surface area contributed by atoms with E-state index in [1.807, 2.05) is 38.1 Å². The van der Waals surface area contributed by atoms with Crippen LogP contribution in [0.25, 0.3) is 0 Å². The lowest BCUT2D eigenvalue weighted by atomic mass is 9.99. The standard InChI is InChI=1S/C21H27N3O3.ClH/c1-13-20(14(2)27-24-13)12-26-19-7-3-15(4-8-19)9-21(25)23-18-10-16-5-6-17(11-18)22-16;/h3-4,7-8,16-18,22H,5-6,9-12H2,1-2H3,(H,23,25);1H. The fourth-order valence-electron chi connectivity index (χ4n) is 4.21. The smallest absolute Gasteiger partial charge is 0.224 e. The van der Waals surface area contributed by atoms with Crippen molar-refractivity contribution in [2.45, 2.75) is 70.7 Å². The van der Waals surface area contributed by atoms with Gasteiger partial charge in [-0.1, -0.05) is 17.3 Å². The van der Waals surface area contributed by atoms with E-state index in [9.17, 15) is 4.79 Å². The van der Waals surface area contributed by atoms with Crippen molar-refractivity contribution in [1.82, 2.24) is 15.8 Å². The van der Waals surface area contributed by atoms with Gasteiger partial charge >= 0.3 is 0 Å². The predicted octanol–water partition coefficient (Wildman–Crippen LogP) is 3.23. The Hall–Kier alpha value is -2.05. The zero-order chi connectivity index (χ0) is 18.8. The third-order valence-corrected chi connectivity index (χ3v) is 5.69. The fourth-order valence-corrected chi connectivity index (χ4v) is 4.21. The molecule has 1 amide bonds. The number of carbonyl (C=O) groups excluding carboxylic acids is 1. The first kappa shape index (κ1) is 20.7. The van der Waals surface area contributed by atoms with Gasteiger partial charge in [-0.25, -0.2) is 0 Å². The second-order valence-corrected chi connectivity index (χ2v) is 7.79. The minimum atomic E-state index is 0. The molecular formula is C21H28ClN3O3. The quantitative estimate of drug-likeness (QED) is 0.771. The minimum absolute atomic E-state index is 0. The predicted molar refractivity (Wildman–Crippen MR) is 109 cm³/mol. The van der Waals surface area contributed by atoms with E-state index in [-0.39, 0.29) is 18.3 Å². The maximum Gasteiger partial charge on any atom is 0.224 e. The number of amides is 1. The second-order valence-electron chi connectivity index (χ2n) is 7.79. The number of nitrogens with one attached hydrogen (secondary N) is 2. The first-order valence-corrected chi connectivity index (χ1v) is 9.75. The maximum atomic E-state index is 12.4. The Balaban J connectivity index is 0.00000225. The van der Waals surface area contributed by atoms with E-state index in [2.05, 4.69) is 15.8 Å². The molecule has 2 atom stereocenters. The van der Waals surface area contributed by atoms with Gasteiger partial charge < -0.3 is 19.9 Å². The number of halogens is 1. The number of rotatable bonds is 6. The Morgan fingerprint density at radius 2 is 1.89 bits per heavy atom. The highest BCUT2D eigenvalue weighted by Gasteiger charge is 2.33. The molecule has 3 heterocycles. The number of piperidine rings is 1. The summed E-state index contributed by atoms with van der Waals surface area (Å²) in [4.78, 5) is 12.4. The molecule has 4 rings (SSSR count). The number of hydrogen-bond donors (Lipinski definition) is 2. The Kier molecular flexibility index (Phi) is 6.62. The molecule has 2 saturated heterocycles. The normalized spacial score (nSPS) is 23.1.